The summed E-state index contributed by atoms with van der Waals surface area (Å²) in [6.45, 7) is 2.15. The fraction of sp³-hybridized carbons (Fsp3) is 0.200. The number of nitrogens with one attached hydrogen (secondary N) is 1. The monoisotopic (exact) mass is 502 g/mol. The number of benzene rings is 1. The van der Waals surface area contributed by atoms with Gasteiger partial charge in [0.25, 0.3) is 0 Å². The SMILES string of the molecule is C(=N\Nc1ncnc2sc(-c3ccccc3)cc12)/c1sc(N2CCCCC2)nc1-c1cccs1. The van der Waals surface area contributed by atoms with Crippen molar-refractivity contribution < 1.29 is 0 Å². The highest BCUT2D eigenvalue weighted by molar-refractivity contribution is 7.22. The predicted molar refractivity (Wildman–Crippen MR) is 146 cm³/mol. The minimum atomic E-state index is 0.707. The molecule has 1 fully saturated rings. The number of hydrogen-bond acceptors (Lipinski definition) is 9. The number of thiazole rings is 1. The van der Waals surface area contributed by atoms with Gasteiger partial charge in [0.05, 0.1) is 21.4 Å². The normalized spacial score (nSPS) is 14.3. The zero-order valence-electron chi connectivity index (χ0n) is 18.3. The average Bonchev–Trinajstić information content (AvgIpc) is 3.65. The maximum atomic E-state index is 5.00. The fourth-order valence-corrected chi connectivity index (χ4v) is 6.86. The van der Waals surface area contributed by atoms with Crippen LogP contribution in [0.25, 0.3) is 31.2 Å². The molecule has 0 bridgehead atoms. The Bertz CT molecular complexity index is 1420. The van der Waals surface area contributed by atoms with E-state index in [4.69, 9.17) is 4.98 Å². The molecular weight excluding hydrogens is 481 g/mol. The first kappa shape index (κ1) is 21.4. The lowest BCUT2D eigenvalue weighted by Gasteiger charge is -2.25. The summed E-state index contributed by atoms with van der Waals surface area (Å²) in [5.74, 6) is 0.707. The molecule has 0 saturated carbocycles. The smallest absolute Gasteiger partial charge is 0.186 e. The Morgan fingerprint density at radius 3 is 2.65 bits per heavy atom. The summed E-state index contributed by atoms with van der Waals surface area (Å²) in [5, 5.41) is 8.71. The first-order chi connectivity index (χ1) is 16.8. The Labute approximate surface area is 209 Å². The van der Waals surface area contributed by atoms with Gasteiger partial charge in [0.2, 0.25) is 0 Å². The molecule has 1 saturated heterocycles. The number of piperidine rings is 1. The van der Waals surface area contributed by atoms with Crippen LogP contribution in [0.1, 0.15) is 24.1 Å². The molecule has 0 aliphatic carbocycles. The number of thiophene rings is 2. The van der Waals surface area contributed by atoms with Gasteiger partial charge in [0, 0.05) is 18.0 Å². The summed E-state index contributed by atoms with van der Waals surface area (Å²) in [5.41, 5.74) is 5.33. The predicted octanol–water partition coefficient (Wildman–Crippen LogP) is 6.98. The van der Waals surface area contributed by atoms with Crippen LogP contribution in [0.5, 0.6) is 0 Å². The quantitative estimate of drug-likeness (QED) is 0.200. The van der Waals surface area contributed by atoms with Gasteiger partial charge in [-0.1, -0.05) is 47.7 Å². The third-order valence-corrected chi connectivity index (χ3v) is 8.78. The second-order valence-electron chi connectivity index (χ2n) is 8.02. The molecule has 0 spiro atoms. The van der Waals surface area contributed by atoms with E-state index >= 15 is 0 Å². The largest absolute Gasteiger partial charge is 0.348 e. The van der Waals surface area contributed by atoms with Gasteiger partial charge in [-0.15, -0.1) is 22.7 Å². The molecule has 34 heavy (non-hydrogen) atoms. The van der Waals surface area contributed by atoms with Crippen molar-refractivity contribution in [3.8, 4) is 21.0 Å². The van der Waals surface area contributed by atoms with Crippen LogP contribution in [0, 0.1) is 0 Å². The zero-order chi connectivity index (χ0) is 22.7. The minimum Gasteiger partial charge on any atom is -0.348 e. The number of aromatic nitrogens is 3. The summed E-state index contributed by atoms with van der Waals surface area (Å²) in [6.07, 6.45) is 7.23. The Balaban J connectivity index is 1.29. The molecule has 170 valence electrons. The number of nitrogens with zero attached hydrogens (tertiary/aromatic N) is 5. The van der Waals surface area contributed by atoms with Crippen molar-refractivity contribution in [2.45, 2.75) is 19.3 Å². The Hall–Kier alpha value is -3.14. The van der Waals surface area contributed by atoms with E-state index < -0.39 is 0 Å². The highest BCUT2D eigenvalue weighted by Gasteiger charge is 2.19. The van der Waals surface area contributed by atoms with Crippen LogP contribution < -0.4 is 10.3 Å². The van der Waals surface area contributed by atoms with Crippen LogP contribution in [0.15, 0.2) is 65.3 Å². The van der Waals surface area contributed by atoms with Crippen molar-refractivity contribution >= 4 is 61.4 Å². The number of hydrazone groups is 1. The number of anilines is 2. The second-order valence-corrected chi connectivity index (χ2v) is 11.0. The first-order valence-electron chi connectivity index (χ1n) is 11.2. The fourth-order valence-electron chi connectivity index (χ4n) is 4.06. The van der Waals surface area contributed by atoms with E-state index in [0.29, 0.717) is 5.82 Å². The topological polar surface area (TPSA) is 66.3 Å². The lowest BCUT2D eigenvalue weighted by atomic mass is 10.1. The highest BCUT2D eigenvalue weighted by atomic mass is 32.1. The van der Waals surface area contributed by atoms with E-state index in [2.05, 4.69) is 61.1 Å². The lowest BCUT2D eigenvalue weighted by molar-refractivity contribution is 0.577. The second kappa shape index (κ2) is 9.61. The van der Waals surface area contributed by atoms with Crippen molar-refractivity contribution in [3.05, 3.63) is 65.1 Å². The molecule has 4 aromatic heterocycles. The number of hydrogen-bond donors (Lipinski definition) is 1. The van der Waals surface area contributed by atoms with Gasteiger partial charge in [-0.2, -0.15) is 5.10 Å². The summed E-state index contributed by atoms with van der Waals surface area (Å²) < 4.78 is 0. The average molecular weight is 503 g/mol. The molecule has 5 heterocycles. The van der Waals surface area contributed by atoms with Crippen molar-refractivity contribution in [2.24, 2.45) is 5.10 Å². The third-order valence-electron chi connectivity index (χ3n) is 5.76. The molecule has 0 radical (unpaired) electrons. The van der Waals surface area contributed by atoms with Crippen LogP contribution in [-0.2, 0) is 0 Å². The van der Waals surface area contributed by atoms with Gasteiger partial charge >= 0.3 is 0 Å². The van der Waals surface area contributed by atoms with Crippen molar-refractivity contribution in [1.29, 1.82) is 0 Å². The molecule has 0 unspecified atom stereocenters. The van der Waals surface area contributed by atoms with E-state index in [9.17, 15) is 0 Å². The zero-order valence-corrected chi connectivity index (χ0v) is 20.8. The van der Waals surface area contributed by atoms with Gasteiger partial charge in [0.15, 0.2) is 10.9 Å². The standard InChI is InChI=1S/C25H22N6S3/c1-3-8-17(9-4-1)20-14-18-23(26-16-27-24(18)33-20)30-28-15-21-22(19-10-7-13-32-19)29-25(34-21)31-11-5-2-6-12-31/h1,3-4,7-10,13-16H,2,5-6,11-12H2,(H,26,27,30)/b28-15+. The maximum absolute atomic E-state index is 5.00. The van der Waals surface area contributed by atoms with Crippen LogP contribution in [-0.4, -0.2) is 34.3 Å². The number of rotatable bonds is 6. The van der Waals surface area contributed by atoms with Crippen molar-refractivity contribution in [3.63, 3.8) is 0 Å². The van der Waals surface area contributed by atoms with Gasteiger partial charge in [-0.3, -0.25) is 5.43 Å². The van der Waals surface area contributed by atoms with E-state index in [1.54, 1.807) is 40.3 Å². The van der Waals surface area contributed by atoms with Crippen LogP contribution in [0.4, 0.5) is 10.9 Å². The van der Waals surface area contributed by atoms with Crippen molar-refractivity contribution in [1.82, 2.24) is 15.0 Å². The van der Waals surface area contributed by atoms with E-state index in [-0.39, 0.29) is 0 Å². The summed E-state index contributed by atoms with van der Waals surface area (Å²) in [7, 11) is 0. The van der Waals surface area contributed by atoms with Crippen LogP contribution in [0.2, 0.25) is 0 Å². The molecule has 1 aliphatic rings. The summed E-state index contributed by atoms with van der Waals surface area (Å²) >= 11 is 5.07. The molecule has 6 nitrogen and oxygen atoms in total. The molecule has 0 atom stereocenters. The van der Waals surface area contributed by atoms with Gasteiger partial charge in [-0.05, 0) is 42.3 Å². The molecular formula is C25H22N6S3. The molecule has 5 aromatic rings. The first-order valence-corrected chi connectivity index (χ1v) is 13.7. The summed E-state index contributed by atoms with van der Waals surface area (Å²) in [4.78, 5) is 20.6. The molecule has 6 rings (SSSR count). The van der Waals surface area contributed by atoms with E-state index in [0.717, 1.165) is 48.8 Å². The Kier molecular flexibility index (Phi) is 6.05. The number of fused-ring (bicyclic) bond motifs is 1. The Morgan fingerprint density at radius 2 is 1.82 bits per heavy atom. The lowest BCUT2D eigenvalue weighted by Crippen LogP contribution is -2.29. The maximum Gasteiger partial charge on any atom is 0.186 e. The van der Waals surface area contributed by atoms with Gasteiger partial charge in [-0.25, -0.2) is 15.0 Å². The molecule has 0 amide bonds. The molecule has 9 heteroatoms. The summed E-state index contributed by atoms with van der Waals surface area (Å²) in [6, 6.07) is 16.7. The Morgan fingerprint density at radius 1 is 0.941 bits per heavy atom. The van der Waals surface area contributed by atoms with Gasteiger partial charge < -0.3 is 4.90 Å². The van der Waals surface area contributed by atoms with Crippen LogP contribution >= 0.6 is 34.0 Å². The highest BCUT2D eigenvalue weighted by Crippen LogP contribution is 2.36. The molecule has 1 aliphatic heterocycles. The van der Waals surface area contributed by atoms with Gasteiger partial charge in [0.1, 0.15) is 16.9 Å². The minimum absolute atomic E-state index is 0.707. The van der Waals surface area contributed by atoms with E-state index in [1.165, 1.54) is 24.8 Å². The third kappa shape index (κ3) is 4.34. The molecule has 1 N–H and O–H groups in total. The van der Waals surface area contributed by atoms with Crippen LogP contribution in [0.3, 0.4) is 0 Å². The molecule has 1 aromatic carbocycles. The van der Waals surface area contributed by atoms with E-state index in [1.807, 2.05) is 24.4 Å². The van der Waals surface area contributed by atoms with Crippen molar-refractivity contribution in [2.75, 3.05) is 23.4 Å².